The maximum Gasteiger partial charge on any atom is 0.251 e. The summed E-state index contributed by atoms with van der Waals surface area (Å²) < 4.78 is 13.0. The maximum absolute atomic E-state index is 13.0. The third kappa shape index (κ3) is 5.37. The molecule has 158 valence electrons. The third-order valence-electron chi connectivity index (χ3n) is 5.71. The van der Waals surface area contributed by atoms with Crippen LogP contribution in [0.3, 0.4) is 0 Å². The Labute approximate surface area is 181 Å². The summed E-state index contributed by atoms with van der Waals surface area (Å²) in [4.78, 5) is 26.9. The predicted octanol–water partition coefficient (Wildman–Crippen LogP) is 4.46. The molecular weight excluding hydrogens is 391 g/mol. The first-order chi connectivity index (χ1) is 15.1. The van der Waals surface area contributed by atoms with Gasteiger partial charge in [0.2, 0.25) is 5.91 Å². The molecular formula is C26H25FN2O2. The van der Waals surface area contributed by atoms with E-state index in [1.807, 2.05) is 59.5 Å². The molecule has 3 aromatic rings. The second-order valence-electron chi connectivity index (χ2n) is 7.88. The fourth-order valence-electron chi connectivity index (χ4n) is 3.88. The second kappa shape index (κ2) is 9.56. The number of carbonyl (C=O) groups excluding carboxylic acids is 2. The minimum Gasteiger partial charge on any atom is -0.349 e. The molecule has 1 saturated heterocycles. The van der Waals surface area contributed by atoms with E-state index in [1.54, 1.807) is 12.1 Å². The Morgan fingerprint density at radius 3 is 2.10 bits per heavy atom. The van der Waals surface area contributed by atoms with E-state index >= 15 is 0 Å². The van der Waals surface area contributed by atoms with Gasteiger partial charge in [-0.2, -0.15) is 0 Å². The van der Waals surface area contributed by atoms with E-state index in [-0.39, 0.29) is 30.1 Å². The van der Waals surface area contributed by atoms with Gasteiger partial charge in [-0.05, 0) is 53.8 Å². The molecule has 4 rings (SSSR count). The van der Waals surface area contributed by atoms with E-state index in [1.165, 1.54) is 12.1 Å². The quantitative estimate of drug-likeness (QED) is 0.668. The Morgan fingerprint density at radius 1 is 0.839 bits per heavy atom. The van der Waals surface area contributed by atoms with Crippen molar-refractivity contribution in [1.29, 1.82) is 0 Å². The molecule has 1 fully saturated rings. The normalized spacial score (nSPS) is 14.3. The highest BCUT2D eigenvalue weighted by molar-refractivity contribution is 5.94. The van der Waals surface area contributed by atoms with Crippen molar-refractivity contribution in [2.45, 2.75) is 25.3 Å². The number of hydrogen-bond donors (Lipinski definition) is 1. The van der Waals surface area contributed by atoms with E-state index < -0.39 is 0 Å². The van der Waals surface area contributed by atoms with Crippen LogP contribution < -0.4 is 5.32 Å². The van der Waals surface area contributed by atoms with Crippen LogP contribution in [0.4, 0.5) is 4.39 Å². The molecule has 0 radical (unpaired) electrons. The summed E-state index contributed by atoms with van der Waals surface area (Å²) >= 11 is 0. The minimum absolute atomic E-state index is 0.0351. The van der Waals surface area contributed by atoms with Crippen molar-refractivity contribution in [3.8, 4) is 11.1 Å². The van der Waals surface area contributed by atoms with E-state index in [0.717, 1.165) is 29.5 Å². The van der Waals surface area contributed by atoms with E-state index in [2.05, 4.69) is 5.32 Å². The van der Waals surface area contributed by atoms with Crippen molar-refractivity contribution in [3.63, 3.8) is 0 Å². The number of benzene rings is 3. The molecule has 0 aliphatic carbocycles. The van der Waals surface area contributed by atoms with Gasteiger partial charge in [-0.25, -0.2) is 4.39 Å². The van der Waals surface area contributed by atoms with Crippen molar-refractivity contribution < 1.29 is 14.0 Å². The molecule has 3 aromatic carbocycles. The average Bonchev–Trinajstić information content (AvgIpc) is 2.81. The first kappa shape index (κ1) is 20.8. The Morgan fingerprint density at radius 2 is 1.45 bits per heavy atom. The van der Waals surface area contributed by atoms with Gasteiger partial charge in [0.15, 0.2) is 0 Å². The summed E-state index contributed by atoms with van der Waals surface area (Å²) in [5.74, 6) is -0.356. The van der Waals surface area contributed by atoms with Crippen LogP contribution in [0, 0.1) is 5.82 Å². The standard InChI is InChI=1S/C26H25FN2O2/c27-23-12-6-19(7-13-23)18-25(30)29-16-14-24(15-17-29)28-26(31)22-10-8-21(9-11-22)20-4-2-1-3-5-20/h1-13,24H,14-18H2,(H,28,31). The zero-order valence-corrected chi connectivity index (χ0v) is 17.3. The van der Waals surface area contributed by atoms with Crippen LogP contribution in [0.15, 0.2) is 78.9 Å². The van der Waals surface area contributed by atoms with Crippen LogP contribution >= 0.6 is 0 Å². The van der Waals surface area contributed by atoms with Gasteiger partial charge in [-0.1, -0.05) is 54.6 Å². The van der Waals surface area contributed by atoms with Gasteiger partial charge >= 0.3 is 0 Å². The third-order valence-corrected chi connectivity index (χ3v) is 5.71. The highest BCUT2D eigenvalue weighted by Gasteiger charge is 2.24. The van der Waals surface area contributed by atoms with Crippen molar-refractivity contribution in [1.82, 2.24) is 10.2 Å². The lowest BCUT2D eigenvalue weighted by atomic mass is 10.0. The average molecular weight is 416 g/mol. The van der Waals surface area contributed by atoms with Crippen molar-refractivity contribution >= 4 is 11.8 Å². The van der Waals surface area contributed by atoms with Gasteiger partial charge in [0.25, 0.3) is 5.91 Å². The van der Waals surface area contributed by atoms with Gasteiger partial charge in [-0.15, -0.1) is 0 Å². The molecule has 1 aliphatic heterocycles. The number of hydrogen-bond acceptors (Lipinski definition) is 2. The number of halogens is 1. The number of rotatable bonds is 5. The molecule has 1 aliphatic rings. The van der Waals surface area contributed by atoms with Gasteiger partial charge < -0.3 is 10.2 Å². The van der Waals surface area contributed by atoms with Crippen LogP contribution in [0.2, 0.25) is 0 Å². The molecule has 0 spiro atoms. The van der Waals surface area contributed by atoms with Crippen LogP contribution in [0.1, 0.15) is 28.8 Å². The lowest BCUT2D eigenvalue weighted by Gasteiger charge is -2.32. The molecule has 31 heavy (non-hydrogen) atoms. The van der Waals surface area contributed by atoms with Gasteiger partial charge in [0.1, 0.15) is 5.82 Å². The molecule has 4 nitrogen and oxygen atoms in total. The Balaban J connectivity index is 1.27. The second-order valence-corrected chi connectivity index (χ2v) is 7.88. The van der Waals surface area contributed by atoms with Gasteiger partial charge in [0, 0.05) is 24.7 Å². The number of nitrogens with zero attached hydrogens (tertiary/aromatic N) is 1. The summed E-state index contributed by atoms with van der Waals surface area (Å²) in [6.45, 7) is 1.22. The fraction of sp³-hybridized carbons (Fsp3) is 0.231. The zero-order chi connectivity index (χ0) is 21.6. The van der Waals surface area contributed by atoms with Crippen molar-refractivity contribution in [2.75, 3.05) is 13.1 Å². The molecule has 5 heteroatoms. The number of amides is 2. The summed E-state index contributed by atoms with van der Waals surface area (Å²) in [7, 11) is 0. The molecule has 0 atom stereocenters. The lowest BCUT2D eigenvalue weighted by molar-refractivity contribution is -0.131. The van der Waals surface area contributed by atoms with Crippen LogP contribution in [0.5, 0.6) is 0 Å². The summed E-state index contributed by atoms with van der Waals surface area (Å²) in [6, 6.07) is 23.7. The van der Waals surface area contributed by atoms with E-state index in [0.29, 0.717) is 18.7 Å². The van der Waals surface area contributed by atoms with Crippen molar-refractivity contribution in [3.05, 3.63) is 95.8 Å². The zero-order valence-electron chi connectivity index (χ0n) is 17.3. The molecule has 2 amide bonds. The number of nitrogens with one attached hydrogen (secondary N) is 1. The van der Waals surface area contributed by atoms with E-state index in [9.17, 15) is 14.0 Å². The highest BCUT2D eigenvalue weighted by Crippen LogP contribution is 2.20. The molecule has 0 unspecified atom stereocenters. The highest BCUT2D eigenvalue weighted by atomic mass is 19.1. The largest absolute Gasteiger partial charge is 0.349 e. The van der Waals surface area contributed by atoms with E-state index in [4.69, 9.17) is 0 Å². The minimum atomic E-state index is -0.303. The van der Waals surface area contributed by atoms with Crippen molar-refractivity contribution in [2.24, 2.45) is 0 Å². The Hall–Kier alpha value is -3.47. The fourth-order valence-corrected chi connectivity index (χ4v) is 3.88. The number of piperidine rings is 1. The summed E-state index contributed by atoms with van der Waals surface area (Å²) in [5, 5.41) is 3.09. The molecule has 0 aromatic heterocycles. The van der Waals surface area contributed by atoms with Gasteiger partial charge in [0.05, 0.1) is 6.42 Å². The topological polar surface area (TPSA) is 49.4 Å². The smallest absolute Gasteiger partial charge is 0.251 e. The number of likely N-dealkylation sites (tertiary alicyclic amines) is 1. The van der Waals surface area contributed by atoms with Crippen LogP contribution in [-0.2, 0) is 11.2 Å². The SMILES string of the molecule is O=C(NC1CCN(C(=O)Cc2ccc(F)cc2)CC1)c1ccc(-c2ccccc2)cc1. The predicted molar refractivity (Wildman–Crippen MR) is 119 cm³/mol. The molecule has 1 heterocycles. The maximum atomic E-state index is 13.0. The van der Waals surface area contributed by atoms with Gasteiger partial charge in [-0.3, -0.25) is 9.59 Å². The molecule has 1 N–H and O–H groups in total. The Bertz CT molecular complexity index is 1030. The number of carbonyl (C=O) groups is 2. The summed E-state index contributed by atoms with van der Waals surface area (Å²) in [6.07, 6.45) is 1.72. The first-order valence-electron chi connectivity index (χ1n) is 10.6. The summed E-state index contributed by atoms with van der Waals surface area (Å²) in [5.41, 5.74) is 3.63. The molecule has 0 saturated carbocycles. The Kier molecular flexibility index (Phi) is 6.41. The lowest BCUT2D eigenvalue weighted by Crippen LogP contribution is -2.47. The monoisotopic (exact) mass is 416 g/mol. The molecule has 0 bridgehead atoms. The first-order valence-corrected chi connectivity index (χ1v) is 10.6. The van der Waals surface area contributed by atoms with Crippen LogP contribution in [0.25, 0.3) is 11.1 Å². The van der Waals surface area contributed by atoms with Crippen LogP contribution in [-0.4, -0.2) is 35.8 Å².